The van der Waals surface area contributed by atoms with Gasteiger partial charge >= 0.3 is 5.97 Å². The summed E-state index contributed by atoms with van der Waals surface area (Å²) in [5.74, 6) is 0.659. The van der Waals surface area contributed by atoms with E-state index in [1.807, 2.05) is 6.92 Å². The van der Waals surface area contributed by atoms with Gasteiger partial charge in [0.1, 0.15) is 5.75 Å². The van der Waals surface area contributed by atoms with Gasteiger partial charge in [-0.05, 0) is 31.2 Å². The molecule has 0 amide bonds. The number of esters is 1. The van der Waals surface area contributed by atoms with Crippen LogP contribution in [-0.2, 0) is 4.74 Å². The van der Waals surface area contributed by atoms with Crippen molar-refractivity contribution in [3.63, 3.8) is 0 Å². The van der Waals surface area contributed by atoms with Gasteiger partial charge in [-0.15, -0.1) is 0 Å². The van der Waals surface area contributed by atoms with Crippen molar-refractivity contribution in [3.05, 3.63) is 47.9 Å². The summed E-state index contributed by atoms with van der Waals surface area (Å²) in [6, 6.07) is 6.63. The van der Waals surface area contributed by atoms with Crippen molar-refractivity contribution in [2.75, 3.05) is 7.11 Å². The summed E-state index contributed by atoms with van der Waals surface area (Å²) >= 11 is 0. The SMILES string of the molecule is COC(=O)c1ccc(Oc2nccnc2C)cc1. The van der Waals surface area contributed by atoms with Crippen molar-refractivity contribution in [2.24, 2.45) is 0 Å². The minimum Gasteiger partial charge on any atom is -0.465 e. The summed E-state index contributed by atoms with van der Waals surface area (Å²) in [5, 5.41) is 0. The van der Waals surface area contributed by atoms with E-state index in [4.69, 9.17) is 4.74 Å². The Morgan fingerprint density at radius 2 is 1.78 bits per heavy atom. The summed E-state index contributed by atoms with van der Waals surface area (Å²) in [6.45, 7) is 1.81. The summed E-state index contributed by atoms with van der Waals surface area (Å²) in [5.41, 5.74) is 1.18. The molecule has 5 nitrogen and oxygen atoms in total. The minimum atomic E-state index is -0.378. The molecule has 0 aliphatic carbocycles. The molecule has 0 radical (unpaired) electrons. The predicted octanol–water partition coefficient (Wildman–Crippen LogP) is 2.36. The third kappa shape index (κ3) is 2.63. The highest BCUT2D eigenvalue weighted by Gasteiger charge is 2.06. The standard InChI is InChI=1S/C13H12N2O3/c1-9-12(15-8-7-14-9)18-11-5-3-10(4-6-11)13(16)17-2/h3-8H,1-2H3. The Labute approximate surface area is 104 Å². The summed E-state index contributed by atoms with van der Waals surface area (Å²) in [6.07, 6.45) is 3.16. The van der Waals surface area contributed by atoms with E-state index >= 15 is 0 Å². The molecule has 0 atom stereocenters. The van der Waals surface area contributed by atoms with Gasteiger partial charge in [-0.2, -0.15) is 0 Å². The highest BCUT2D eigenvalue weighted by atomic mass is 16.5. The van der Waals surface area contributed by atoms with Crippen LogP contribution in [-0.4, -0.2) is 23.0 Å². The number of carbonyl (C=O) groups excluding carboxylic acids is 1. The number of ether oxygens (including phenoxy) is 2. The summed E-state index contributed by atoms with van der Waals surface area (Å²) in [4.78, 5) is 19.4. The number of methoxy groups -OCH3 is 1. The van der Waals surface area contributed by atoms with E-state index in [1.54, 1.807) is 36.7 Å². The van der Waals surface area contributed by atoms with Crippen molar-refractivity contribution in [1.82, 2.24) is 9.97 Å². The molecule has 92 valence electrons. The lowest BCUT2D eigenvalue weighted by molar-refractivity contribution is 0.0600. The molecule has 18 heavy (non-hydrogen) atoms. The second-order valence-electron chi connectivity index (χ2n) is 3.56. The van der Waals surface area contributed by atoms with Crippen LogP contribution >= 0.6 is 0 Å². The van der Waals surface area contributed by atoms with Gasteiger partial charge in [-0.1, -0.05) is 0 Å². The van der Waals surface area contributed by atoms with E-state index in [9.17, 15) is 4.79 Å². The molecule has 0 saturated carbocycles. The number of benzene rings is 1. The number of aromatic nitrogens is 2. The van der Waals surface area contributed by atoms with E-state index < -0.39 is 0 Å². The Bertz CT molecular complexity index is 552. The van der Waals surface area contributed by atoms with Gasteiger partial charge < -0.3 is 9.47 Å². The van der Waals surface area contributed by atoms with Crippen LogP contribution in [0.1, 0.15) is 16.1 Å². The largest absolute Gasteiger partial charge is 0.465 e. The molecule has 0 saturated heterocycles. The van der Waals surface area contributed by atoms with Gasteiger partial charge in [0, 0.05) is 12.4 Å². The first-order chi connectivity index (χ1) is 8.70. The monoisotopic (exact) mass is 244 g/mol. The van der Waals surface area contributed by atoms with Gasteiger partial charge in [-0.3, -0.25) is 4.98 Å². The average Bonchev–Trinajstić information content (AvgIpc) is 2.41. The Kier molecular flexibility index (Phi) is 3.52. The first-order valence-corrected chi connectivity index (χ1v) is 5.34. The fourth-order valence-corrected chi connectivity index (χ4v) is 1.38. The quantitative estimate of drug-likeness (QED) is 0.775. The van der Waals surface area contributed by atoms with E-state index in [2.05, 4.69) is 14.7 Å². The molecule has 1 heterocycles. The fraction of sp³-hybridized carbons (Fsp3) is 0.154. The maximum Gasteiger partial charge on any atom is 0.337 e. The topological polar surface area (TPSA) is 61.3 Å². The van der Waals surface area contributed by atoms with Crippen LogP contribution in [0.25, 0.3) is 0 Å². The zero-order valence-electron chi connectivity index (χ0n) is 10.1. The van der Waals surface area contributed by atoms with Crippen LogP contribution in [0.5, 0.6) is 11.6 Å². The van der Waals surface area contributed by atoms with Crippen molar-refractivity contribution >= 4 is 5.97 Å². The van der Waals surface area contributed by atoms with Crippen molar-refractivity contribution in [3.8, 4) is 11.6 Å². The molecule has 0 unspecified atom stereocenters. The van der Waals surface area contributed by atoms with Crippen molar-refractivity contribution in [2.45, 2.75) is 6.92 Å². The van der Waals surface area contributed by atoms with E-state index in [0.29, 0.717) is 22.9 Å². The number of carbonyl (C=O) groups is 1. The molecule has 0 aliphatic heterocycles. The lowest BCUT2D eigenvalue weighted by Gasteiger charge is -2.06. The summed E-state index contributed by atoms with van der Waals surface area (Å²) in [7, 11) is 1.34. The van der Waals surface area contributed by atoms with Gasteiger partial charge in [0.05, 0.1) is 18.4 Å². The lowest BCUT2D eigenvalue weighted by atomic mass is 10.2. The van der Waals surface area contributed by atoms with Gasteiger partial charge in [0.15, 0.2) is 0 Å². The molecule has 1 aromatic carbocycles. The van der Waals surface area contributed by atoms with E-state index in [1.165, 1.54) is 7.11 Å². The molecule has 2 aromatic rings. The number of nitrogens with zero attached hydrogens (tertiary/aromatic N) is 2. The number of rotatable bonds is 3. The zero-order chi connectivity index (χ0) is 13.0. The first kappa shape index (κ1) is 12.0. The number of hydrogen-bond acceptors (Lipinski definition) is 5. The van der Waals surface area contributed by atoms with Crippen LogP contribution in [0.2, 0.25) is 0 Å². The molecule has 1 aromatic heterocycles. The van der Waals surface area contributed by atoms with Crippen molar-refractivity contribution < 1.29 is 14.3 Å². The van der Waals surface area contributed by atoms with E-state index in [0.717, 1.165) is 0 Å². The predicted molar refractivity (Wildman–Crippen MR) is 64.6 cm³/mol. The molecular formula is C13H12N2O3. The Morgan fingerprint density at radius 3 is 2.39 bits per heavy atom. The Morgan fingerprint density at radius 1 is 1.11 bits per heavy atom. The highest BCUT2D eigenvalue weighted by molar-refractivity contribution is 5.89. The van der Waals surface area contributed by atoms with E-state index in [-0.39, 0.29) is 5.97 Å². The van der Waals surface area contributed by atoms with Crippen LogP contribution in [0.4, 0.5) is 0 Å². The lowest BCUT2D eigenvalue weighted by Crippen LogP contribution is -2.00. The fourth-order valence-electron chi connectivity index (χ4n) is 1.38. The third-order valence-electron chi connectivity index (χ3n) is 2.33. The molecular weight excluding hydrogens is 232 g/mol. The maximum atomic E-state index is 11.3. The third-order valence-corrected chi connectivity index (χ3v) is 2.33. The van der Waals surface area contributed by atoms with Crippen LogP contribution in [0, 0.1) is 6.92 Å². The van der Waals surface area contributed by atoms with Crippen LogP contribution in [0.3, 0.4) is 0 Å². The molecule has 0 fully saturated rings. The van der Waals surface area contributed by atoms with Gasteiger partial charge in [0.2, 0.25) is 5.88 Å². The molecule has 0 spiro atoms. The summed E-state index contributed by atoms with van der Waals surface area (Å²) < 4.78 is 10.2. The van der Waals surface area contributed by atoms with Crippen molar-refractivity contribution in [1.29, 1.82) is 0 Å². The normalized spacial score (nSPS) is 9.89. The van der Waals surface area contributed by atoms with Crippen LogP contribution < -0.4 is 4.74 Å². The second kappa shape index (κ2) is 5.27. The average molecular weight is 244 g/mol. The first-order valence-electron chi connectivity index (χ1n) is 5.34. The van der Waals surface area contributed by atoms with Gasteiger partial charge in [-0.25, -0.2) is 9.78 Å². The number of aryl methyl sites for hydroxylation is 1. The second-order valence-corrected chi connectivity index (χ2v) is 3.56. The van der Waals surface area contributed by atoms with Crippen LogP contribution in [0.15, 0.2) is 36.7 Å². The molecule has 0 bridgehead atoms. The minimum absolute atomic E-state index is 0.378. The zero-order valence-corrected chi connectivity index (χ0v) is 10.1. The molecule has 5 heteroatoms. The molecule has 0 aliphatic rings. The Balaban J connectivity index is 2.16. The van der Waals surface area contributed by atoms with Gasteiger partial charge in [0.25, 0.3) is 0 Å². The number of hydrogen-bond donors (Lipinski definition) is 0. The highest BCUT2D eigenvalue weighted by Crippen LogP contribution is 2.21. The molecule has 2 rings (SSSR count). The Hall–Kier alpha value is -2.43. The maximum absolute atomic E-state index is 11.3. The smallest absolute Gasteiger partial charge is 0.337 e. The molecule has 0 N–H and O–H groups in total.